The first-order valence-corrected chi connectivity index (χ1v) is 12.3. The molecule has 0 aliphatic carbocycles. The smallest absolute Gasteiger partial charge is 0.251 e. The van der Waals surface area contributed by atoms with Crippen LogP contribution in [0.2, 0.25) is 5.02 Å². The Morgan fingerprint density at radius 2 is 1.91 bits per heavy atom. The van der Waals surface area contributed by atoms with Crippen molar-refractivity contribution in [3.63, 3.8) is 0 Å². The van der Waals surface area contributed by atoms with E-state index >= 15 is 0 Å². The van der Waals surface area contributed by atoms with Crippen molar-refractivity contribution < 1.29 is 4.79 Å². The Hall–Kier alpha value is -2.34. The van der Waals surface area contributed by atoms with Crippen LogP contribution in [-0.2, 0) is 0 Å². The van der Waals surface area contributed by atoms with Crippen molar-refractivity contribution in [3.05, 3.63) is 70.9 Å². The van der Waals surface area contributed by atoms with Gasteiger partial charge in [0.05, 0.1) is 11.1 Å². The second kappa shape index (κ2) is 10.7. The van der Waals surface area contributed by atoms with Gasteiger partial charge in [0.15, 0.2) is 0 Å². The first-order valence-electron chi connectivity index (χ1n) is 12.0. The minimum Gasteiger partial charge on any atom is -0.360 e. The second-order valence-electron chi connectivity index (χ2n) is 9.63. The Bertz CT molecular complexity index is 1060. The average molecular weight is 467 g/mol. The van der Waals surface area contributed by atoms with Crippen LogP contribution < -0.4 is 5.32 Å². The zero-order valence-electron chi connectivity index (χ0n) is 19.9. The van der Waals surface area contributed by atoms with E-state index in [1.54, 1.807) is 6.20 Å². The van der Waals surface area contributed by atoms with Crippen LogP contribution in [0.25, 0.3) is 10.9 Å². The van der Waals surface area contributed by atoms with E-state index in [2.05, 4.69) is 53.1 Å². The molecular weight excluding hydrogens is 432 g/mol. The number of aromatic amines is 1. The lowest BCUT2D eigenvalue weighted by molar-refractivity contribution is 0.0918. The predicted molar refractivity (Wildman–Crippen MR) is 137 cm³/mol. The fourth-order valence-electron chi connectivity index (χ4n) is 4.87. The van der Waals surface area contributed by atoms with Gasteiger partial charge in [0.2, 0.25) is 0 Å². The van der Waals surface area contributed by atoms with Crippen LogP contribution in [0.4, 0.5) is 0 Å². The summed E-state index contributed by atoms with van der Waals surface area (Å²) in [4.78, 5) is 21.2. The van der Waals surface area contributed by atoms with Gasteiger partial charge in [-0.3, -0.25) is 4.79 Å². The minimum atomic E-state index is -0.0811. The van der Waals surface area contributed by atoms with Gasteiger partial charge < -0.3 is 20.1 Å². The van der Waals surface area contributed by atoms with Gasteiger partial charge in [0.25, 0.3) is 5.91 Å². The molecule has 33 heavy (non-hydrogen) atoms. The molecule has 176 valence electrons. The summed E-state index contributed by atoms with van der Waals surface area (Å²) in [7, 11) is 2.17. The van der Waals surface area contributed by atoms with Crippen LogP contribution >= 0.6 is 11.6 Å². The van der Waals surface area contributed by atoms with Crippen LogP contribution in [0.5, 0.6) is 0 Å². The molecule has 0 bridgehead atoms. The number of nitrogens with one attached hydrogen (secondary N) is 2. The largest absolute Gasteiger partial charge is 0.360 e. The quantitative estimate of drug-likeness (QED) is 0.470. The summed E-state index contributed by atoms with van der Waals surface area (Å²) >= 11 is 6.19. The summed E-state index contributed by atoms with van der Waals surface area (Å²) in [6, 6.07) is 16.4. The van der Waals surface area contributed by atoms with Crippen LogP contribution in [-0.4, -0.2) is 60.0 Å². The summed E-state index contributed by atoms with van der Waals surface area (Å²) in [5.41, 5.74) is 2.62. The van der Waals surface area contributed by atoms with Crippen LogP contribution in [0.1, 0.15) is 48.7 Å². The number of amides is 1. The zero-order valence-corrected chi connectivity index (χ0v) is 20.6. The number of nitrogens with zero attached hydrogens (tertiary/aromatic N) is 2. The van der Waals surface area contributed by atoms with E-state index in [1.165, 1.54) is 25.9 Å². The second-order valence-corrected chi connectivity index (χ2v) is 10.0. The normalized spacial score (nSPS) is 16.5. The summed E-state index contributed by atoms with van der Waals surface area (Å²) < 4.78 is 0. The lowest BCUT2D eigenvalue weighted by atomic mass is 9.95. The molecular formula is C27H35ClN4O. The highest BCUT2D eigenvalue weighted by Crippen LogP contribution is 2.25. The summed E-state index contributed by atoms with van der Waals surface area (Å²) in [5, 5.41) is 4.87. The number of halogens is 1. The van der Waals surface area contributed by atoms with Crippen molar-refractivity contribution in [2.75, 3.05) is 33.2 Å². The van der Waals surface area contributed by atoms with E-state index < -0.39 is 0 Å². The van der Waals surface area contributed by atoms with Crippen LogP contribution in [0.3, 0.4) is 0 Å². The van der Waals surface area contributed by atoms with E-state index in [-0.39, 0.29) is 11.9 Å². The highest BCUT2D eigenvalue weighted by atomic mass is 35.5. The van der Waals surface area contributed by atoms with Crippen molar-refractivity contribution in [2.45, 2.75) is 38.8 Å². The number of hydrogen-bond acceptors (Lipinski definition) is 3. The number of fused-ring (bicyclic) bond motifs is 1. The lowest BCUT2D eigenvalue weighted by Gasteiger charge is -2.36. The molecule has 1 fully saturated rings. The maximum atomic E-state index is 13.2. The Morgan fingerprint density at radius 3 is 2.61 bits per heavy atom. The fourth-order valence-corrected chi connectivity index (χ4v) is 5.09. The van der Waals surface area contributed by atoms with Crippen molar-refractivity contribution in [2.24, 2.45) is 5.92 Å². The number of carbonyl (C=O) groups excluding carboxylic acids is 1. The number of hydrogen-bond donors (Lipinski definition) is 2. The van der Waals surface area contributed by atoms with Crippen molar-refractivity contribution in [1.29, 1.82) is 0 Å². The zero-order chi connectivity index (χ0) is 23.4. The minimum absolute atomic E-state index is 0.0740. The molecule has 1 amide bonds. The van der Waals surface area contributed by atoms with Crippen LogP contribution in [0, 0.1) is 5.92 Å². The van der Waals surface area contributed by atoms with E-state index in [4.69, 9.17) is 11.6 Å². The molecule has 4 rings (SSSR count). The number of piperidine rings is 1. The van der Waals surface area contributed by atoms with Crippen molar-refractivity contribution in [1.82, 2.24) is 20.1 Å². The van der Waals surface area contributed by atoms with Gasteiger partial charge >= 0.3 is 0 Å². The van der Waals surface area contributed by atoms with Gasteiger partial charge in [-0.2, -0.15) is 0 Å². The maximum Gasteiger partial charge on any atom is 0.251 e. The first kappa shape index (κ1) is 23.8. The van der Waals surface area contributed by atoms with Crippen molar-refractivity contribution >= 4 is 28.4 Å². The van der Waals surface area contributed by atoms with Crippen molar-refractivity contribution in [3.8, 4) is 0 Å². The Labute approximate surface area is 202 Å². The molecule has 2 aromatic carbocycles. The number of likely N-dealkylation sites (tertiary alicyclic amines) is 1. The van der Waals surface area contributed by atoms with Gasteiger partial charge in [-0.15, -0.1) is 0 Å². The number of benzene rings is 2. The summed E-state index contributed by atoms with van der Waals surface area (Å²) in [6.07, 6.45) is 4.23. The topological polar surface area (TPSA) is 51.4 Å². The number of likely N-dealkylation sites (N-methyl/N-ethyl adjacent to an activating group) is 1. The predicted octanol–water partition coefficient (Wildman–Crippen LogP) is 5.34. The monoisotopic (exact) mass is 466 g/mol. The molecule has 1 atom stereocenters. The number of rotatable bonds is 8. The third-order valence-corrected chi connectivity index (χ3v) is 7.16. The summed E-state index contributed by atoms with van der Waals surface area (Å²) in [5.74, 6) is 0.632. The maximum absolute atomic E-state index is 13.2. The fraction of sp³-hybridized carbons (Fsp3) is 0.444. The first-order chi connectivity index (χ1) is 15.9. The molecule has 0 saturated carbocycles. The molecule has 2 N–H and O–H groups in total. The molecule has 0 radical (unpaired) electrons. The van der Waals surface area contributed by atoms with Gasteiger partial charge in [-0.05, 0) is 70.4 Å². The standard InChI is InChI=1S/C27H35ClN4O/c1-19(2)32-13-11-20(12-14-32)17-31(3)18-26(21-7-5-4-6-8-21)30-27(33)22-9-10-23-24(28)16-29-25(23)15-22/h4-10,15-16,19-20,26,29H,11-14,17-18H2,1-3H3,(H,30,33)/t26-/m0/s1. The van der Waals surface area contributed by atoms with Gasteiger partial charge in [-0.25, -0.2) is 0 Å². The van der Waals surface area contributed by atoms with E-state index in [0.717, 1.165) is 29.6 Å². The third-order valence-electron chi connectivity index (χ3n) is 6.84. The molecule has 5 nitrogen and oxygen atoms in total. The van der Waals surface area contributed by atoms with E-state index in [1.807, 2.05) is 36.4 Å². The third kappa shape index (κ3) is 5.97. The van der Waals surface area contributed by atoms with Crippen LogP contribution in [0.15, 0.2) is 54.7 Å². The van der Waals surface area contributed by atoms with Gasteiger partial charge in [0.1, 0.15) is 0 Å². The lowest BCUT2D eigenvalue weighted by Crippen LogP contribution is -2.42. The molecule has 1 aliphatic heterocycles. The highest BCUT2D eigenvalue weighted by molar-refractivity contribution is 6.35. The number of carbonyl (C=O) groups is 1. The molecule has 3 aromatic rings. The molecule has 0 unspecified atom stereocenters. The molecule has 1 aromatic heterocycles. The Kier molecular flexibility index (Phi) is 7.74. The molecule has 0 spiro atoms. The number of H-pyrrole nitrogens is 1. The molecule has 6 heteroatoms. The van der Waals surface area contributed by atoms with E-state index in [0.29, 0.717) is 22.5 Å². The molecule has 1 aliphatic rings. The average Bonchev–Trinajstić information content (AvgIpc) is 3.19. The molecule has 1 saturated heterocycles. The summed E-state index contributed by atoms with van der Waals surface area (Å²) in [6.45, 7) is 8.75. The SMILES string of the molecule is CC(C)N1CCC(CN(C)C[C@H](NC(=O)c2ccc3c(Cl)c[nH]c3c2)c2ccccc2)CC1. The molecule has 2 heterocycles. The highest BCUT2D eigenvalue weighted by Gasteiger charge is 2.24. The Morgan fingerprint density at radius 1 is 1.18 bits per heavy atom. The van der Waals surface area contributed by atoms with Gasteiger partial charge in [0, 0.05) is 41.8 Å². The van der Waals surface area contributed by atoms with Gasteiger partial charge in [-0.1, -0.05) is 48.0 Å². The number of aromatic nitrogens is 1. The van der Waals surface area contributed by atoms with E-state index in [9.17, 15) is 4.79 Å². The Balaban J connectivity index is 1.42.